The van der Waals surface area contributed by atoms with E-state index in [0.29, 0.717) is 71.3 Å². The van der Waals surface area contributed by atoms with Gasteiger partial charge in [0.1, 0.15) is 11.5 Å². The van der Waals surface area contributed by atoms with Crippen LogP contribution in [0, 0.1) is 17.8 Å². The van der Waals surface area contributed by atoms with Gasteiger partial charge in [-0.15, -0.1) is 0 Å². The minimum atomic E-state index is -0.461. The summed E-state index contributed by atoms with van der Waals surface area (Å²) in [7, 11) is 0. The number of carbonyl (C=O) groups is 4. The number of unbranched alkanes of at least 4 members (excludes halogenated alkanes) is 3. The summed E-state index contributed by atoms with van der Waals surface area (Å²) in [5, 5.41) is 14.9. The van der Waals surface area contributed by atoms with Crippen molar-refractivity contribution in [1.29, 1.82) is 0 Å². The Hall–Kier alpha value is -5.12. The average molecular weight is 823 g/mol. The number of ether oxygens (including phenoxy) is 2. The van der Waals surface area contributed by atoms with Crippen molar-refractivity contribution < 1.29 is 28.7 Å². The Bertz CT molecular complexity index is 2030. The van der Waals surface area contributed by atoms with Crippen LogP contribution in [-0.4, -0.2) is 49.9 Å². The lowest BCUT2D eigenvalue weighted by Crippen LogP contribution is -2.33. The Kier molecular flexibility index (Phi) is 19.7. The number of hydrogen-bond acceptors (Lipinski definition) is 6. The van der Waals surface area contributed by atoms with Crippen molar-refractivity contribution in [3.63, 3.8) is 0 Å². The van der Waals surface area contributed by atoms with E-state index in [1.165, 1.54) is 6.92 Å². The highest BCUT2D eigenvalue weighted by atomic mass is 16.5. The number of fused-ring (bicyclic) bond motifs is 2. The first-order valence-corrected chi connectivity index (χ1v) is 22.6. The lowest BCUT2D eigenvalue weighted by Gasteiger charge is -2.21. The Labute approximate surface area is 358 Å². The molecular formula is C50H70N4O6. The highest BCUT2D eigenvalue weighted by Crippen LogP contribution is 2.33. The maximum atomic E-state index is 14.0. The molecule has 0 fully saturated rings. The van der Waals surface area contributed by atoms with Crippen LogP contribution in [0.3, 0.4) is 0 Å². The monoisotopic (exact) mass is 823 g/mol. The maximum absolute atomic E-state index is 14.0. The zero-order chi connectivity index (χ0) is 43.4. The van der Waals surface area contributed by atoms with Crippen molar-refractivity contribution >= 4 is 56.5 Å². The molecule has 0 spiro atoms. The van der Waals surface area contributed by atoms with E-state index < -0.39 is 11.8 Å². The smallest absolute Gasteiger partial charge is 0.255 e. The summed E-state index contributed by atoms with van der Waals surface area (Å²) >= 11 is 0. The second-order valence-corrected chi connectivity index (χ2v) is 16.3. The quantitative estimate of drug-likeness (QED) is 0.0498. The van der Waals surface area contributed by atoms with Crippen molar-refractivity contribution in [2.75, 3.05) is 36.9 Å². The Morgan fingerprint density at radius 2 is 0.983 bits per heavy atom. The van der Waals surface area contributed by atoms with E-state index in [0.717, 1.165) is 93.2 Å². The van der Waals surface area contributed by atoms with Crippen molar-refractivity contribution in [3.8, 4) is 11.5 Å². The van der Waals surface area contributed by atoms with Gasteiger partial charge in [0.25, 0.3) is 11.8 Å². The van der Waals surface area contributed by atoms with Gasteiger partial charge in [-0.05, 0) is 107 Å². The Morgan fingerprint density at radius 3 is 1.47 bits per heavy atom. The molecule has 60 heavy (non-hydrogen) atoms. The minimum absolute atomic E-state index is 0.169. The summed E-state index contributed by atoms with van der Waals surface area (Å²) in [4.78, 5) is 52.8. The molecule has 0 bridgehead atoms. The van der Waals surface area contributed by atoms with E-state index in [1.54, 1.807) is 12.1 Å². The van der Waals surface area contributed by atoms with Gasteiger partial charge in [-0.2, -0.15) is 0 Å². The average Bonchev–Trinajstić information content (AvgIpc) is 3.24. The summed E-state index contributed by atoms with van der Waals surface area (Å²) in [5.41, 5.74) is 1.94. The number of amides is 4. The molecule has 4 aromatic rings. The lowest BCUT2D eigenvalue weighted by molar-refractivity contribution is -0.115. The molecule has 10 heteroatoms. The molecule has 4 aromatic carbocycles. The van der Waals surface area contributed by atoms with Crippen LogP contribution in [-0.2, 0) is 9.59 Å². The van der Waals surface area contributed by atoms with Crippen molar-refractivity contribution in [2.45, 2.75) is 126 Å². The molecule has 0 aliphatic rings. The Balaban J connectivity index is 1.65. The topological polar surface area (TPSA) is 135 Å². The van der Waals surface area contributed by atoms with Gasteiger partial charge in [0.15, 0.2) is 0 Å². The third-order valence-corrected chi connectivity index (χ3v) is 11.5. The van der Waals surface area contributed by atoms with E-state index in [9.17, 15) is 19.2 Å². The van der Waals surface area contributed by atoms with Crippen molar-refractivity contribution in [2.24, 2.45) is 17.8 Å². The largest absolute Gasteiger partial charge is 0.492 e. The minimum Gasteiger partial charge on any atom is -0.492 e. The summed E-state index contributed by atoms with van der Waals surface area (Å²) < 4.78 is 13.0. The van der Waals surface area contributed by atoms with Crippen molar-refractivity contribution in [1.82, 2.24) is 10.6 Å². The van der Waals surface area contributed by atoms with Gasteiger partial charge in [0, 0.05) is 24.8 Å². The molecule has 3 unspecified atom stereocenters. The first kappa shape index (κ1) is 47.6. The predicted molar refractivity (Wildman–Crippen MR) is 246 cm³/mol. The molecule has 0 saturated heterocycles. The second-order valence-electron chi connectivity index (χ2n) is 16.3. The van der Waals surface area contributed by atoms with Gasteiger partial charge in [0.05, 0.1) is 30.9 Å². The van der Waals surface area contributed by atoms with Gasteiger partial charge in [0.2, 0.25) is 11.8 Å². The van der Waals surface area contributed by atoms with Crippen LogP contribution in [0.1, 0.15) is 146 Å². The summed E-state index contributed by atoms with van der Waals surface area (Å²) in [6, 6.07) is 18.4. The number of nitrogens with one attached hydrogen (secondary N) is 4. The molecule has 4 amide bonds. The molecular weight excluding hydrogens is 753 g/mol. The van der Waals surface area contributed by atoms with Crippen LogP contribution < -0.4 is 30.7 Å². The third kappa shape index (κ3) is 14.6. The van der Waals surface area contributed by atoms with Gasteiger partial charge in [-0.3, -0.25) is 19.2 Å². The second kappa shape index (κ2) is 24.8. The number of hydrogen-bond donors (Lipinski definition) is 4. The van der Waals surface area contributed by atoms with Gasteiger partial charge < -0.3 is 30.7 Å². The third-order valence-electron chi connectivity index (χ3n) is 11.5. The normalized spacial score (nSPS) is 12.7. The maximum Gasteiger partial charge on any atom is 0.255 e. The first-order chi connectivity index (χ1) is 29.0. The van der Waals surface area contributed by atoms with Crippen molar-refractivity contribution in [3.05, 3.63) is 71.8 Å². The van der Waals surface area contributed by atoms with Crippen LogP contribution in [0.4, 0.5) is 11.4 Å². The fraction of sp³-hybridized carbons (Fsp3) is 0.520. The first-order valence-electron chi connectivity index (χ1n) is 22.6. The zero-order valence-electron chi connectivity index (χ0n) is 37.3. The number of rotatable bonds is 26. The van der Waals surface area contributed by atoms with E-state index in [-0.39, 0.29) is 23.9 Å². The molecule has 0 heterocycles. The molecule has 4 rings (SSSR count). The van der Waals surface area contributed by atoms with E-state index in [4.69, 9.17) is 9.47 Å². The van der Waals surface area contributed by atoms with E-state index in [2.05, 4.69) is 62.8 Å². The molecule has 0 saturated carbocycles. The molecule has 0 aliphatic heterocycles. The van der Waals surface area contributed by atoms with Gasteiger partial charge in [-0.1, -0.05) is 111 Å². The zero-order valence-corrected chi connectivity index (χ0v) is 37.3. The molecule has 0 radical (unpaired) electrons. The fourth-order valence-corrected chi connectivity index (χ4v) is 7.46. The van der Waals surface area contributed by atoms with E-state index in [1.807, 2.05) is 48.5 Å². The van der Waals surface area contributed by atoms with Crippen LogP contribution in [0.15, 0.2) is 60.7 Å². The van der Waals surface area contributed by atoms with Crippen LogP contribution in [0.25, 0.3) is 21.5 Å². The number of carbonyl (C=O) groups excluding carboxylic acids is 4. The summed E-state index contributed by atoms with van der Waals surface area (Å²) in [6.45, 7) is 15.8. The lowest BCUT2D eigenvalue weighted by atomic mass is 9.98. The summed E-state index contributed by atoms with van der Waals surface area (Å²) in [6.07, 6.45) is 12.7. The molecule has 3 atom stereocenters. The van der Waals surface area contributed by atoms with Crippen LogP contribution in [0.2, 0.25) is 0 Å². The van der Waals surface area contributed by atoms with E-state index >= 15 is 0 Å². The molecule has 0 aromatic heterocycles. The number of benzene rings is 4. The molecule has 4 N–H and O–H groups in total. The molecule has 10 nitrogen and oxygen atoms in total. The molecule has 0 aliphatic carbocycles. The van der Waals surface area contributed by atoms with Crippen LogP contribution in [0.5, 0.6) is 11.5 Å². The highest BCUT2D eigenvalue weighted by molar-refractivity contribution is 6.07. The highest BCUT2D eigenvalue weighted by Gasteiger charge is 2.22. The summed E-state index contributed by atoms with van der Waals surface area (Å²) in [5.74, 6) is 0.784. The standard InChI is InChI=1S/C50H70N4O6/c1-8-14-17-35(11-4)30-51-49(57)44-26-40-27-45(50(58)52-31-48(56)54-43-23-21-38-20-22-42(53-34(7)55)24-39(38)25-43)47(60-33-37(13-6)19-16-10-3)29-41(40)28-46(44)59-32-36(12-5)18-15-9-2/h20-29,35-37H,8-19,30-33H2,1-7H3,(H,51,57)(H,52,58)(H,53,55)(H,54,56). The van der Waals surface area contributed by atoms with Crippen LogP contribution >= 0.6 is 0 Å². The molecule has 326 valence electrons. The van der Waals surface area contributed by atoms with Gasteiger partial charge in [-0.25, -0.2) is 0 Å². The fourth-order valence-electron chi connectivity index (χ4n) is 7.46. The SMILES string of the molecule is CCCCC(CC)CNC(=O)c1cc2cc(C(=O)NCC(=O)Nc3ccc4ccc(NC(C)=O)cc4c3)c(OCC(CC)CCCC)cc2cc1OCC(CC)CCCC. The Morgan fingerprint density at radius 1 is 0.533 bits per heavy atom. The van der Waals surface area contributed by atoms with Gasteiger partial charge >= 0.3 is 0 Å². The predicted octanol–water partition coefficient (Wildman–Crippen LogP) is 11.5. The number of anilines is 2.